The van der Waals surface area contributed by atoms with E-state index in [4.69, 9.17) is 33.7 Å². The summed E-state index contributed by atoms with van der Waals surface area (Å²) in [5.74, 6) is 0.231. The molecule has 0 spiro atoms. The highest BCUT2D eigenvalue weighted by atomic mass is 35.5. The fourth-order valence-electron chi connectivity index (χ4n) is 1.50. The molecule has 1 heterocycles. The van der Waals surface area contributed by atoms with Crippen LogP contribution in [0, 0.1) is 0 Å². The van der Waals surface area contributed by atoms with E-state index in [0.717, 1.165) is 0 Å². The van der Waals surface area contributed by atoms with Gasteiger partial charge in [-0.3, -0.25) is 4.79 Å². The maximum absolute atomic E-state index is 11.6. The number of carbonyl (C=O) groups is 1. The molecule has 0 fully saturated rings. The third kappa shape index (κ3) is 1.68. The standard InChI is InChI=1S/C10H10Cl2N2O2/c1-2-5-10(15)14-9-6(16-5)3-4(11)8(13)7(9)12/h3,5H,2,13H2,1H3,(H,14,15). The molecule has 4 nitrogen and oxygen atoms in total. The molecule has 2 rings (SSSR count). The van der Waals surface area contributed by atoms with Gasteiger partial charge in [-0.1, -0.05) is 30.1 Å². The first-order chi connectivity index (χ1) is 7.54. The van der Waals surface area contributed by atoms with Gasteiger partial charge in [0.2, 0.25) is 0 Å². The van der Waals surface area contributed by atoms with E-state index in [0.29, 0.717) is 22.9 Å². The lowest BCUT2D eigenvalue weighted by Gasteiger charge is -2.26. The number of nitrogens with one attached hydrogen (secondary N) is 1. The van der Waals surface area contributed by atoms with E-state index in [9.17, 15) is 4.79 Å². The maximum Gasteiger partial charge on any atom is 0.265 e. The normalized spacial score (nSPS) is 18.7. The Bertz CT molecular complexity index is 463. The molecule has 1 aliphatic heterocycles. The summed E-state index contributed by atoms with van der Waals surface area (Å²) in [6.45, 7) is 1.86. The Hall–Kier alpha value is -1.13. The molecule has 1 amide bonds. The highest BCUT2D eigenvalue weighted by Crippen LogP contribution is 2.43. The minimum absolute atomic E-state index is 0.213. The van der Waals surface area contributed by atoms with E-state index in [2.05, 4.69) is 5.32 Å². The fourth-order valence-corrected chi connectivity index (χ4v) is 1.99. The van der Waals surface area contributed by atoms with Crippen molar-refractivity contribution in [2.45, 2.75) is 19.4 Å². The molecule has 1 aromatic rings. The van der Waals surface area contributed by atoms with Crippen LogP contribution in [-0.2, 0) is 4.79 Å². The van der Waals surface area contributed by atoms with Crippen LogP contribution in [-0.4, -0.2) is 12.0 Å². The molecule has 16 heavy (non-hydrogen) atoms. The maximum atomic E-state index is 11.6. The third-order valence-electron chi connectivity index (χ3n) is 2.40. The molecular formula is C10H10Cl2N2O2. The molecular weight excluding hydrogens is 251 g/mol. The number of fused-ring (bicyclic) bond motifs is 1. The Kier molecular flexibility index (Phi) is 2.86. The second-order valence-corrected chi connectivity index (χ2v) is 4.25. The van der Waals surface area contributed by atoms with Crippen LogP contribution in [0.3, 0.4) is 0 Å². The first-order valence-corrected chi connectivity index (χ1v) is 5.55. The number of halogens is 2. The Balaban J connectivity index is 2.51. The summed E-state index contributed by atoms with van der Waals surface area (Å²) >= 11 is 11.8. The van der Waals surface area contributed by atoms with E-state index < -0.39 is 6.10 Å². The number of benzene rings is 1. The zero-order chi connectivity index (χ0) is 11.9. The van der Waals surface area contributed by atoms with E-state index in [1.165, 1.54) is 0 Å². The summed E-state index contributed by atoms with van der Waals surface area (Å²) < 4.78 is 5.47. The number of carbonyl (C=O) groups excluding carboxylic acids is 1. The molecule has 0 saturated carbocycles. The van der Waals surface area contributed by atoms with Crippen LogP contribution in [0.1, 0.15) is 13.3 Å². The van der Waals surface area contributed by atoms with Crippen molar-refractivity contribution in [1.82, 2.24) is 0 Å². The monoisotopic (exact) mass is 260 g/mol. The molecule has 3 N–H and O–H groups in total. The zero-order valence-corrected chi connectivity index (χ0v) is 10.0. The molecule has 1 aromatic carbocycles. The summed E-state index contributed by atoms with van der Waals surface area (Å²) in [6, 6.07) is 1.56. The van der Waals surface area contributed by atoms with Crippen molar-refractivity contribution < 1.29 is 9.53 Å². The summed E-state index contributed by atoms with van der Waals surface area (Å²) in [5, 5.41) is 3.19. The molecule has 0 bridgehead atoms. The lowest BCUT2D eigenvalue weighted by molar-refractivity contribution is -0.123. The molecule has 0 aliphatic carbocycles. The Morgan fingerprint density at radius 1 is 1.56 bits per heavy atom. The first-order valence-electron chi connectivity index (χ1n) is 4.79. The lowest BCUT2D eigenvalue weighted by Crippen LogP contribution is -2.36. The molecule has 0 saturated heterocycles. The van der Waals surface area contributed by atoms with Crippen LogP contribution >= 0.6 is 23.2 Å². The van der Waals surface area contributed by atoms with Crippen molar-refractivity contribution in [1.29, 1.82) is 0 Å². The van der Waals surface area contributed by atoms with Gasteiger partial charge in [0, 0.05) is 6.07 Å². The largest absolute Gasteiger partial charge is 0.478 e. The molecule has 0 aromatic heterocycles. The fraction of sp³-hybridized carbons (Fsp3) is 0.300. The van der Waals surface area contributed by atoms with E-state index >= 15 is 0 Å². The van der Waals surface area contributed by atoms with Gasteiger partial charge in [0.15, 0.2) is 6.10 Å². The average molecular weight is 261 g/mol. The number of rotatable bonds is 1. The van der Waals surface area contributed by atoms with Gasteiger partial charge in [0.25, 0.3) is 5.91 Å². The molecule has 1 unspecified atom stereocenters. The summed E-state index contributed by atoms with van der Waals surface area (Å²) in [6.07, 6.45) is 0.0634. The van der Waals surface area contributed by atoms with Gasteiger partial charge >= 0.3 is 0 Å². The van der Waals surface area contributed by atoms with Gasteiger partial charge in [-0.05, 0) is 6.42 Å². The predicted molar refractivity (Wildman–Crippen MR) is 64.2 cm³/mol. The van der Waals surface area contributed by atoms with Gasteiger partial charge in [-0.25, -0.2) is 0 Å². The summed E-state index contributed by atoms with van der Waals surface area (Å²) in [5.41, 5.74) is 6.27. The first kappa shape index (κ1) is 11.4. The smallest absolute Gasteiger partial charge is 0.265 e. The molecule has 6 heteroatoms. The van der Waals surface area contributed by atoms with Crippen LogP contribution in [0.5, 0.6) is 5.75 Å². The quantitative estimate of drug-likeness (QED) is 0.764. The third-order valence-corrected chi connectivity index (χ3v) is 3.10. The highest BCUT2D eigenvalue weighted by molar-refractivity contribution is 6.41. The van der Waals surface area contributed by atoms with Crippen LogP contribution in [0.15, 0.2) is 6.07 Å². The van der Waals surface area contributed by atoms with E-state index in [1.807, 2.05) is 6.92 Å². The lowest BCUT2D eigenvalue weighted by atomic mass is 10.1. The van der Waals surface area contributed by atoms with Gasteiger partial charge in [-0.15, -0.1) is 0 Å². The van der Waals surface area contributed by atoms with Gasteiger partial charge in [0.1, 0.15) is 11.4 Å². The Morgan fingerprint density at radius 2 is 2.25 bits per heavy atom. The summed E-state index contributed by atoms with van der Waals surface area (Å²) in [7, 11) is 0. The molecule has 1 aliphatic rings. The Morgan fingerprint density at radius 3 is 2.88 bits per heavy atom. The highest BCUT2D eigenvalue weighted by Gasteiger charge is 2.29. The number of nitrogen functional groups attached to an aromatic ring is 1. The number of amides is 1. The second kappa shape index (κ2) is 4.03. The van der Waals surface area contributed by atoms with Gasteiger partial charge in [-0.2, -0.15) is 0 Å². The summed E-state index contributed by atoms with van der Waals surface area (Å²) in [4.78, 5) is 11.6. The predicted octanol–water partition coefficient (Wildman–Crippen LogP) is 2.69. The van der Waals surface area contributed by atoms with Crippen molar-refractivity contribution in [2.75, 3.05) is 11.1 Å². The van der Waals surface area contributed by atoms with Crippen molar-refractivity contribution >= 4 is 40.5 Å². The van der Waals surface area contributed by atoms with Crippen LogP contribution in [0.25, 0.3) is 0 Å². The van der Waals surface area contributed by atoms with Crippen molar-refractivity contribution in [2.24, 2.45) is 0 Å². The molecule has 0 radical (unpaired) electrons. The van der Waals surface area contributed by atoms with E-state index in [-0.39, 0.29) is 16.6 Å². The number of hydrogen-bond acceptors (Lipinski definition) is 3. The minimum Gasteiger partial charge on any atom is -0.478 e. The minimum atomic E-state index is -0.511. The van der Waals surface area contributed by atoms with Crippen LogP contribution in [0.2, 0.25) is 10.0 Å². The number of hydrogen-bond donors (Lipinski definition) is 2. The molecule has 86 valence electrons. The van der Waals surface area contributed by atoms with E-state index in [1.54, 1.807) is 6.07 Å². The van der Waals surface area contributed by atoms with Crippen LogP contribution < -0.4 is 15.8 Å². The zero-order valence-electron chi connectivity index (χ0n) is 8.51. The van der Waals surface area contributed by atoms with Crippen LogP contribution in [0.4, 0.5) is 11.4 Å². The van der Waals surface area contributed by atoms with Gasteiger partial charge < -0.3 is 15.8 Å². The second-order valence-electron chi connectivity index (χ2n) is 3.46. The topological polar surface area (TPSA) is 64.3 Å². The number of nitrogens with two attached hydrogens (primary N) is 1. The molecule has 1 atom stereocenters. The van der Waals surface area contributed by atoms with Gasteiger partial charge in [0.05, 0.1) is 15.7 Å². The van der Waals surface area contributed by atoms with Crippen molar-refractivity contribution in [3.63, 3.8) is 0 Å². The van der Waals surface area contributed by atoms with Crippen molar-refractivity contribution in [3.05, 3.63) is 16.1 Å². The Labute approximate surface area is 103 Å². The average Bonchev–Trinajstić information content (AvgIpc) is 2.27. The SMILES string of the molecule is CCC1Oc2cc(Cl)c(N)c(Cl)c2NC1=O. The number of anilines is 2. The number of ether oxygens (including phenoxy) is 1. The van der Waals surface area contributed by atoms with Crippen molar-refractivity contribution in [3.8, 4) is 5.75 Å².